The van der Waals surface area contributed by atoms with E-state index in [9.17, 15) is 19.1 Å². The number of aromatic hydroxyl groups is 1. The van der Waals surface area contributed by atoms with E-state index in [4.69, 9.17) is 0 Å². The summed E-state index contributed by atoms with van der Waals surface area (Å²) >= 11 is 0. The lowest BCUT2D eigenvalue weighted by molar-refractivity contribution is 0.0594. The zero-order chi connectivity index (χ0) is 20.8. The van der Waals surface area contributed by atoms with Crippen LogP contribution in [0.25, 0.3) is 0 Å². The van der Waals surface area contributed by atoms with E-state index in [2.05, 4.69) is 0 Å². The van der Waals surface area contributed by atoms with Crippen LogP contribution in [0.3, 0.4) is 0 Å². The molecule has 2 aromatic rings. The number of fused-ring (bicyclic) bond motifs is 4. The number of phenolic OH excluding ortho intramolecular Hbond substituents is 1. The number of aromatic nitrogens is 1. The molecular weight excluding hydrogens is 385 g/mol. The van der Waals surface area contributed by atoms with Crippen LogP contribution >= 0.6 is 0 Å². The van der Waals surface area contributed by atoms with E-state index in [1.54, 1.807) is 12.1 Å². The van der Waals surface area contributed by atoms with E-state index in [0.717, 1.165) is 17.7 Å². The first kappa shape index (κ1) is 19.3. The predicted octanol–water partition coefficient (Wildman–Crippen LogP) is 2.36. The zero-order valence-corrected chi connectivity index (χ0v) is 16.8. The van der Waals surface area contributed by atoms with Gasteiger partial charge in [0, 0.05) is 62.0 Å². The van der Waals surface area contributed by atoms with E-state index < -0.39 is 6.17 Å². The number of likely N-dealkylation sites (tertiary alicyclic amines) is 2. The summed E-state index contributed by atoms with van der Waals surface area (Å²) in [5, 5.41) is 9.46. The van der Waals surface area contributed by atoms with Gasteiger partial charge in [-0.1, -0.05) is 6.07 Å². The fraction of sp³-hybridized carbons (Fsp3) is 0.478. The Kier molecular flexibility index (Phi) is 4.85. The number of hydrogen-bond acceptors (Lipinski definition) is 4. The van der Waals surface area contributed by atoms with Gasteiger partial charge >= 0.3 is 0 Å². The molecule has 0 radical (unpaired) electrons. The van der Waals surface area contributed by atoms with Crippen LogP contribution in [0, 0.1) is 5.92 Å². The first-order chi connectivity index (χ1) is 14.5. The second-order valence-corrected chi connectivity index (χ2v) is 8.88. The number of amides is 1. The van der Waals surface area contributed by atoms with Crippen molar-refractivity contribution in [1.82, 2.24) is 14.4 Å². The maximum Gasteiger partial charge on any atom is 0.255 e. The first-order valence-corrected chi connectivity index (χ1v) is 10.7. The number of pyridine rings is 1. The summed E-state index contributed by atoms with van der Waals surface area (Å²) in [6.07, 6.45) is 0.733. The molecule has 30 heavy (non-hydrogen) atoms. The molecular formula is C23H26FN3O3. The molecule has 1 N–H and O–H groups in total. The van der Waals surface area contributed by atoms with Gasteiger partial charge in [-0.3, -0.25) is 14.5 Å². The van der Waals surface area contributed by atoms with E-state index in [-0.39, 0.29) is 29.1 Å². The van der Waals surface area contributed by atoms with Crippen LogP contribution in [0.1, 0.15) is 40.4 Å². The standard InChI is InChI=1S/C23H26FN3O3/c24-19-7-8-25(14-19)12-17-3-6-21-18-9-15(11-27(21)23(17)30)10-26(13-18)22(29)16-1-4-20(28)5-2-16/h1-6,15,18-19,28H,7-14H2/t15-,18+,19+/m0/s1. The minimum atomic E-state index is -0.790. The Morgan fingerprint density at radius 2 is 1.87 bits per heavy atom. The van der Waals surface area contributed by atoms with Gasteiger partial charge in [-0.05, 0) is 49.1 Å². The number of phenols is 1. The van der Waals surface area contributed by atoms with Crippen molar-refractivity contribution < 1.29 is 14.3 Å². The van der Waals surface area contributed by atoms with Gasteiger partial charge in [-0.2, -0.15) is 0 Å². The molecule has 1 aromatic carbocycles. The molecule has 2 bridgehead atoms. The van der Waals surface area contributed by atoms with Crippen LogP contribution < -0.4 is 5.56 Å². The number of alkyl halides is 1. The monoisotopic (exact) mass is 411 g/mol. The van der Waals surface area contributed by atoms with E-state index in [0.29, 0.717) is 51.3 Å². The van der Waals surface area contributed by atoms with Crippen molar-refractivity contribution in [3.63, 3.8) is 0 Å². The highest BCUT2D eigenvalue weighted by molar-refractivity contribution is 5.94. The normalized spacial score (nSPS) is 25.9. The molecule has 0 aliphatic carbocycles. The summed E-state index contributed by atoms with van der Waals surface area (Å²) in [5.41, 5.74) is 2.32. The Balaban J connectivity index is 1.36. The number of nitrogens with zero attached hydrogens (tertiary/aromatic N) is 3. The topological polar surface area (TPSA) is 65.8 Å². The third kappa shape index (κ3) is 3.51. The average molecular weight is 411 g/mol. The molecule has 7 heteroatoms. The summed E-state index contributed by atoms with van der Waals surface area (Å²) in [6, 6.07) is 10.3. The van der Waals surface area contributed by atoms with Gasteiger partial charge in [0.2, 0.25) is 0 Å². The molecule has 2 saturated heterocycles. The summed E-state index contributed by atoms with van der Waals surface area (Å²) in [5.74, 6) is 0.490. The second kappa shape index (κ2) is 7.54. The van der Waals surface area contributed by atoms with Crippen molar-refractivity contribution in [1.29, 1.82) is 0 Å². The fourth-order valence-electron chi connectivity index (χ4n) is 5.23. The quantitative estimate of drug-likeness (QED) is 0.842. The van der Waals surface area contributed by atoms with Gasteiger partial charge < -0.3 is 14.6 Å². The van der Waals surface area contributed by atoms with Crippen molar-refractivity contribution in [2.45, 2.75) is 38.0 Å². The van der Waals surface area contributed by atoms with Crippen LogP contribution in [0.4, 0.5) is 4.39 Å². The number of piperidine rings is 1. The van der Waals surface area contributed by atoms with Gasteiger partial charge in [0.15, 0.2) is 0 Å². The minimum absolute atomic E-state index is 0.0304. The van der Waals surface area contributed by atoms with Gasteiger partial charge in [-0.15, -0.1) is 0 Å². The summed E-state index contributed by atoms with van der Waals surface area (Å²) < 4.78 is 15.4. The van der Waals surface area contributed by atoms with E-state index in [1.807, 2.05) is 26.5 Å². The number of benzene rings is 1. The van der Waals surface area contributed by atoms with E-state index >= 15 is 0 Å². The lowest BCUT2D eigenvalue weighted by Crippen LogP contribution is -2.49. The molecule has 3 aliphatic rings. The van der Waals surface area contributed by atoms with Gasteiger partial charge in [-0.25, -0.2) is 4.39 Å². The zero-order valence-electron chi connectivity index (χ0n) is 16.8. The molecule has 3 atom stereocenters. The maximum absolute atomic E-state index is 13.5. The van der Waals surface area contributed by atoms with Crippen LogP contribution in [-0.4, -0.2) is 57.7 Å². The minimum Gasteiger partial charge on any atom is -0.508 e. The lowest BCUT2D eigenvalue weighted by Gasteiger charge is -2.43. The van der Waals surface area contributed by atoms with Gasteiger partial charge in [0.1, 0.15) is 11.9 Å². The van der Waals surface area contributed by atoms with Crippen LogP contribution in [-0.2, 0) is 13.1 Å². The highest BCUT2D eigenvalue weighted by Crippen LogP contribution is 2.36. The molecule has 0 spiro atoms. The molecule has 3 aliphatic heterocycles. The van der Waals surface area contributed by atoms with Crippen LogP contribution in [0.15, 0.2) is 41.2 Å². The Hall–Kier alpha value is -2.67. The number of carbonyl (C=O) groups is 1. The van der Waals surface area contributed by atoms with Crippen molar-refractivity contribution in [3.05, 3.63) is 63.6 Å². The Bertz CT molecular complexity index is 1020. The largest absolute Gasteiger partial charge is 0.508 e. The molecule has 2 fully saturated rings. The average Bonchev–Trinajstić information content (AvgIpc) is 3.15. The summed E-state index contributed by atoms with van der Waals surface area (Å²) in [6.45, 7) is 3.43. The molecule has 158 valence electrons. The summed E-state index contributed by atoms with van der Waals surface area (Å²) in [4.78, 5) is 29.9. The molecule has 0 unspecified atom stereocenters. The van der Waals surface area contributed by atoms with E-state index in [1.165, 1.54) is 12.1 Å². The fourth-order valence-corrected chi connectivity index (χ4v) is 5.23. The highest BCUT2D eigenvalue weighted by Gasteiger charge is 2.37. The number of hydrogen-bond donors (Lipinski definition) is 1. The van der Waals surface area contributed by atoms with Crippen molar-refractivity contribution in [2.75, 3.05) is 26.2 Å². The first-order valence-electron chi connectivity index (χ1n) is 10.7. The third-order valence-electron chi connectivity index (χ3n) is 6.69. The van der Waals surface area contributed by atoms with Crippen molar-refractivity contribution in [3.8, 4) is 5.75 Å². The second-order valence-electron chi connectivity index (χ2n) is 8.88. The van der Waals surface area contributed by atoms with Gasteiger partial charge in [0.25, 0.3) is 11.5 Å². The Labute approximate surface area is 174 Å². The SMILES string of the molecule is O=C(c1ccc(O)cc1)N1C[C@@H]2C[C@H](C1)c1ccc(CN3CC[C@@H](F)C3)c(=O)n1C2. The third-order valence-corrected chi connectivity index (χ3v) is 6.69. The Morgan fingerprint density at radius 3 is 2.60 bits per heavy atom. The van der Waals surface area contributed by atoms with Gasteiger partial charge in [0.05, 0.1) is 0 Å². The van der Waals surface area contributed by atoms with Crippen molar-refractivity contribution in [2.24, 2.45) is 5.92 Å². The molecule has 1 amide bonds. The highest BCUT2D eigenvalue weighted by atomic mass is 19.1. The summed E-state index contributed by atoms with van der Waals surface area (Å²) in [7, 11) is 0. The molecule has 4 heterocycles. The predicted molar refractivity (Wildman–Crippen MR) is 110 cm³/mol. The van der Waals surface area contributed by atoms with Crippen LogP contribution in [0.2, 0.25) is 0 Å². The number of halogens is 1. The Morgan fingerprint density at radius 1 is 1.07 bits per heavy atom. The number of rotatable bonds is 3. The van der Waals surface area contributed by atoms with Crippen molar-refractivity contribution >= 4 is 5.91 Å². The molecule has 1 aromatic heterocycles. The maximum atomic E-state index is 13.5. The number of carbonyl (C=O) groups excluding carboxylic acids is 1. The lowest BCUT2D eigenvalue weighted by atomic mass is 9.82. The molecule has 6 nitrogen and oxygen atoms in total. The van der Waals surface area contributed by atoms with Crippen LogP contribution in [0.5, 0.6) is 5.75 Å². The molecule has 0 saturated carbocycles. The smallest absolute Gasteiger partial charge is 0.255 e. The molecule has 5 rings (SSSR count).